The van der Waals surface area contributed by atoms with Crippen LogP contribution in [0.2, 0.25) is 0 Å². The van der Waals surface area contributed by atoms with Gasteiger partial charge in [-0.05, 0) is 31.4 Å². The molecule has 0 aliphatic carbocycles. The summed E-state index contributed by atoms with van der Waals surface area (Å²) in [7, 11) is 0. The van der Waals surface area contributed by atoms with Crippen LogP contribution < -0.4 is 11.3 Å². The van der Waals surface area contributed by atoms with Gasteiger partial charge < -0.3 is 10.6 Å². The lowest BCUT2D eigenvalue weighted by Gasteiger charge is -2.31. The van der Waals surface area contributed by atoms with Crippen molar-refractivity contribution in [2.75, 3.05) is 19.6 Å². The van der Waals surface area contributed by atoms with Crippen molar-refractivity contribution in [2.24, 2.45) is 11.7 Å². The number of rotatable bonds is 2. The number of carbonyl (C=O) groups excluding carboxylic acids is 1. The zero-order valence-corrected chi connectivity index (χ0v) is 9.56. The Balaban J connectivity index is 2.09. The van der Waals surface area contributed by atoms with Crippen molar-refractivity contribution in [3.63, 3.8) is 0 Å². The predicted molar refractivity (Wildman–Crippen MR) is 62.5 cm³/mol. The summed E-state index contributed by atoms with van der Waals surface area (Å²) in [5, 5.41) is 6.01. The first-order chi connectivity index (χ1) is 8.20. The minimum atomic E-state index is -0.306. The highest BCUT2D eigenvalue weighted by Crippen LogP contribution is 2.16. The summed E-state index contributed by atoms with van der Waals surface area (Å²) in [5.74, 6) is 0.231. The third-order valence-electron chi connectivity index (χ3n) is 3.04. The molecule has 3 N–H and O–H groups in total. The Morgan fingerprint density at radius 1 is 1.59 bits per heavy atom. The fourth-order valence-corrected chi connectivity index (χ4v) is 2.07. The maximum absolute atomic E-state index is 12.1. The minimum Gasteiger partial charge on any atom is -0.337 e. The van der Waals surface area contributed by atoms with Gasteiger partial charge in [0.15, 0.2) is 0 Å². The highest BCUT2D eigenvalue weighted by Gasteiger charge is 2.24. The van der Waals surface area contributed by atoms with E-state index in [1.165, 1.54) is 12.1 Å². The second-order valence-electron chi connectivity index (χ2n) is 4.30. The van der Waals surface area contributed by atoms with Crippen LogP contribution in [0, 0.1) is 5.92 Å². The van der Waals surface area contributed by atoms with Crippen LogP contribution in [0.4, 0.5) is 0 Å². The zero-order chi connectivity index (χ0) is 12.3. The summed E-state index contributed by atoms with van der Waals surface area (Å²) in [4.78, 5) is 24.7. The number of piperidine rings is 1. The van der Waals surface area contributed by atoms with E-state index in [1.54, 1.807) is 4.90 Å². The molecule has 1 aliphatic rings. The van der Waals surface area contributed by atoms with Crippen molar-refractivity contribution >= 4 is 5.91 Å². The van der Waals surface area contributed by atoms with Crippen LogP contribution in [0.1, 0.15) is 23.3 Å². The molecule has 0 bridgehead atoms. The Hall–Kier alpha value is -1.69. The van der Waals surface area contributed by atoms with Crippen LogP contribution in [-0.2, 0) is 0 Å². The van der Waals surface area contributed by atoms with E-state index in [2.05, 4.69) is 10.2 Å². The number of nitrogens with one attached hydrogen (secondary N) is 1. The Bertz CT molecular complexity index is 437. The van der Waals surface area contributed by atoms with Gasteiger partial charge in [0.2, 0.25) is 0 Å². The second kappa shape index (κ2) is 5.09. The van der Waals surface area contributed by atoms with Crippen molar-refractivity contribution in [1.29, 1.82) is 0 Å². The lowest BCUT2D eigenvalue weighted by Crippen LogP contribution is -2.42. The molecule has 1 aromatic rings. The molecule has 92 valence electrons. The van der Waals surface area contributed by atoms with Gasteiger partial charge in [0, 0.05) is 19.2 Å². The molecule has 2 rings (SSSR count). The maximum Gasteiger partial charge on any atom is 0.274 e. The first-order valence-electron chi connectivity index (χ1n) is 5.76. The van der Waals surface area contributed by atoms with Gasteiger partial charge in [0.05, 0.1) is 0 Å². The summed E-state index contributed by atoms with van der Waals surface area (Å²) in [5.41, 5.74) is 5.60. The van der Waals surface area contributed by atoms with Crippen LogP contribution in [0.3, 0.4) is 0 Å². The largest absolute Gasteiger partial charge is 0.337 e. The third kappa shape index (κ3) is 2.71. The number of hydrogen-bond donors (Lipinski definition) is 2. The number of amides is 1. The first-order valence-corrected chi connectivity index (χ1v) is 5.76. The molecule has 0 saturated carbocycles. The lowest BCUT2D eigenvalue weighted by molar-refractivity contribution is 0.0671. The Kier molecular flexibility index (Phi) is 3.53. The Labute approximate surface area is 98.8 Å². The molecule has 0 aromatic carbocycles. The van der Waals surface area contributed by atoms with Gasteiger partial charge in [0.1, 0.15) is 5.69 Å². The number of likely N-dealkylation sites (tertiary alicyclic amines) is 1. The van der Waals surface area contributed by atoms with Crippen molar-refractivity contribution in [3.05, 3.63) is 28.2 Å². The van der Waals surface area contributed by atoms with E-state index in [0.717, 1.165) is 19.4 Å². The molecular formula is C11H16N4O2. The molecule has 6 heteroatoms. The quantitative estimate of drug-likeness (QED) is 0.729. The number of carbonyl (C=O) groups is 1. The summed E-state index contributed by atoms with van der Waals surface area (Å²) >= 11 is 0. The van der Waals surface area contributed by atoms with Gasteiger partial charge in [-0.1, -0.05) is 0 Å². The molecular weight excluding hydrogens is 220 g/mol. The smallest absolute Gasteiger partial charge is 0.274 e. The number of H-pyrrole nitrogens is 1. The molecule has 2 heterocycles. The minimum absolute atomic E-state index is 0.139. The topological polar surface area (TPSA) is 92.1 Å². The van der Waals surface area contributed by atoms with Crippen molar-refractivity contribution in [3.8, 4) is 0 Å². The van der Waals surface area contributed by atoms with Crippen molar-refractivity contribution in [2.45, 2.75) is 12.8 Å². The van der Waals surface area contributed by atoms with Crippen LogP contribution in [0.15, 0.2) is 16.9 Å². The van der Waals surface area contributed by atoms with E-state index in [-0.39, 0.29) is 17.2 Å². The molecule has 0 radical (unpaired) electrons. The summed E-state index contributed by atoms with van der Waals surface area (Å²) in [6.07, 6.45) is 2.04. The van der Waals surface area contributed by atoms with Crippen molar-refractivity contribution in [1.82, 2.24) is 15.1 Å². The van der Waals surface area contributed by atoms with E-state index in [1.807, 2.05) is 0 Å². The molecule has 1 aromatic heterocycles. The fraction of sp³-hybridized carbons (Fsp3) is 0.545. The average Bonchev–Trinajstić information content (AvgIpc) is 2.39. The van der Waals surface area contributed by atoms with Crippen LogP contribution >= 0.6 is 0 Å². The highest BCUT2D eigenvalue weighted by molar-refractivity contribution is 5.92. The van der Waals surface area contributed by atoms with E-state index < -0.39 is 0 Å². The molecule has 1 aliphatic heterocycles. The number of nitrogens with two attached hydrogens (primary N) is 1. The average molecular weight is 236 g/mol. The van der Waals surface area contributed by atoms with E-state index in [0.29, 0.717) is 19.0 Å². The molecule has 6 nitrogen and oxygen atoms in total. The van der Waals surface area contributed by atoms with Gasteiger partial charge in [-0.2, -0.15) is 5.10 Å². The van der Waals surface area contributed by atoms with Gasteiger partial charge in [-0.15, -0.1) is 0 Å². The van der Waals surface area contributed by atoms with Gasteiger partial charge >= 0.3 is 0 Å². The monoisotopic (exact) mass is 236 g/mol. The summed E-state index contributed by atoms with van der Waals surface area (Å²) in [6, 6.07) is 2.76. The SMILES string of the molecule is NCC1CCCN(C(=O)c2ccc(=O)[nH]n2)C1. The number of aromatic amines is 1. The van der Waals surface area contributed by atoms with Crippen LogP contribution in [-0.4, -0.2) is 40.6 Å². The first kappa shape index (κ1) is 11.8. The summed E-state index contributed by atoms with van der Waals surface area (Å²) in [6.45, 7) is 2.01. The zero-order valence-electron chi connectivity index (χ0n) is 9.56. The van der Waals surface area contributed by atoms with Crippen molar-refractivity contribution < 1.29 is 4.79 Å². The normalized spacial score (nSPS) is 20.3. The van der Waals surface area contributed by atoms with Gasteiger partial charge in [-0.3, -0.25) is 9.59 Å². The molecule has 17 heavy (non-hydrogen) atoms. The molecule has 1 unspecified atom stereocenters. The molecule has 1 amide bonds. The summed E-state index contributed by atoms with van der Waals surface area (Å²) < 4.78 is 0. The standard InChI is InChI=1S/C11H16N4O2/c12-6-8-2-1-5-15(7-8)11(17)9-3-4-10(16)14-13-9/h3-4,8H,1-2,5-7,12H2,(H,14,16). The highest BCUT2D eigenvalue weighted by atomic mass is 16.2. The second-order valence-corrected chi connectivity index (χ2v) is 4.30. The van der Waals surface area contributed by atoms with Gasteiger partial charge in [-0.25, -0.2) is 5.10 Å². The molecule has 1 saturated heterocycles. The number of aromatic nitrogens is 2. The van der Waals surface area contributed by atoms with Crippen LogP contribution in [0.5, 0.6) is 0 Å². The third-order valence-corrected chi connectivity index (χ3v) is 3.04. The molecule has 1 atom stereocenters. The fourth-order valence-electron chi connectivity index (χ4n) is 2.07. The lowest BCUT2D eigenvalue weighted by atomic mass is 9.98. The van der Waals surface area contributed by atoms with Gasteiger partial charge in [0.25, 0.3) is 11.5 Å². The molecule has 1 fully saturated rings. The maximum atomic E-state index is 12.1. The number of hydrogen-bond acceptors (Lipinski definition) is 4. The Morgan fingerprint density at radius 2 is 2.41 bits per heavy atom. The van der Waals surface area contributed by atoms with E-state index in [9.17, 15) is 9.59 Å². The van der Waals surface area contributed by atoms with E-state index in [4.69, 9.17) is 5.73 Å². The number of nitrogens with zero attached hydrogens (tertiary/aromatic N) is 2. The van der Waals surface area contributed by atoms with E-state index >= 15 is 0 Å². The molecule has 0 spiro atoms. The predicted octanol–water partition coefficient (Wildman–Crippen LogP) is -0.419. The Morgan fingerprint density at radius 3 is 3.06 bits per heavy atom. The van der Waals surface area contributed by atoms with Crippen LogP contribution in [0.25, 0.3) is 0 Å².